The van der Waals surface area contributed by atoms with Gasteiger partial charge in [-0.15, -0.1) is 0 Å². The molecule has 0 N–H and O–H groups in total. The number of hydrogen-bond donors (Lipinski definition) is 0. The van der Waals surface area contributed by atoms with Gasteiger partial charge < -0.3 is 9.64 Å². The van der Waals surface area contributed by atoms with Gasteiger partial charge >= 0.3 is 0 Å². The Morgan fingerprint density at radius 2 is 1.74 bits per heavy atom. The van der Waals surface area contributed by atoms with Crippen molar-refractivity contribution in [1.82, 2.24) is 9.80 Å². The first-order chi connectivity index (χ1) is 16.8. The Labute approximate surface area is 212 Å². The summed E-state index contributed by atoms with van der Waals surface area (Å²) in [6.07, 6.45) is 0. The van der Waals surface area contributed by atoms with Crippen molar-refractivity contribution in [2.75, 3.05) is 19.7 Å². The van der Waals surface area contributed by atoms with Gasteiger partial charge in [0, 0.05) is 48.2 Å². The minimum absolute atomic E-state index is 0.0227. The van der Waals surface area contributed by atoms with Gasteiger partial charge in [0.1, 0.15) is 11.6 Å². The summed E-state index contributed by atoms with van der Waals surface area (Å²) < 4.78 is 19.3. The van der Waals surface area contributed by atoms with Crippen LogP contribution >= 0.6 is 11.6 Å². The number of amides is 1. The topological polar surface area (TPSA) is 32.8 Å². The molecule has 1 aliphatic rings. The lowest BCUT2D eigenvalue weighted by Gasteiger charge is -2.44. The fourth-order valence-electron chi connectivity index (χ4n) is 4.72. The largest absolute Gasteiger partial charge is 0.483 e. The van der Waals surface area contributed by atoms with Crippen molar-refractivity contribution in [3.05, 3.63) is 100 Å². The molecule has 0 spiro atoms. The number of hydrogen-bond acceptors (Lipinski definition) is 3. The molecular formula is C29H32ClFN2O2. The average molecular weight is 495 g/mol. The van der Waals surface area contributed by atoms with Gasteiger partial charge in [0.05, 0.1) is 0 Å². The summed E-state index contributed by atoms with van der Waals surface area (Å²) in [5.74, 6) is 0.496. The quantitative estimate of drug-likeness (QED) is 0.396. The SMILES string of the molecule is CC(c1ccccc1)c1cc(Cl)ccc1OCC(=O)N1C[C@@H](C)N(Cc2ccc(F)cc2)C[C@@H]1C. The highest BCUT2D eigenvalue weighted by Crippen LogP contribution is 2.34. The Kier molecular flexibility index (Phi) is 8.09. The zero-order valence-electron chi connectivity index (χ0n) is 20.5. The smallest absolute Gasteiger partial charge is 0.260 e. The Balaban J connectivity index is 1.39. The van der Waals surface area contributed by atoms with E-state index < -0.39 is 0 Å². The highest BCUT2D eigenvalue weighted by atomic mass is 35.5. The first kappa shape index (κ1) is 25.2. The molecule has 0 aromatic heterocycles. The van der Waals surface area contributed by atoms with Crippen LogP contribution in [0.2, 0.25) is 5.02 Å². The van der Waals surface area contributed by atoms with Crippen molar-refractivity contribution < 1.29 is 13.9 Å². The standard InChI is InChI=1S/C29H32ClFN2O2/c1-20-17-33(21(2)16-32(20)18-23-9-12-26(31)13-10-23)29(34)19-35-28-14-11-25(30)15-27(28)22(3)24-7-5-4-6-8-24/h4-15,20-22H,16-19H2,1-3H3/t20-,21+,22?/m1/s1. The van der Waals surface area contributed by atoms with Gasteiger partial charge in [0.2, 0.25) is 0 Å². The van der Waals surface area contributed by atoms with Gasteiger partial charge in [-0.1, -0.05) is 61.0 Å². The highest BCUT2D eigenvalue weighted by molar-refractivity contribution is 6.30. The van der Waals surface area contributed by atoms with E-state index in [-0.39, 0.29) is 36.3 Å². The van der Waals surface area contributed by atoms with Gasteiger partial charge in [0.25, 0.3) is 5.91 Å². The molecule has 0 aliphatic carbocycles. The Morgan fingerprint density at radius 3 is 2.46 bits per heavy atom. The van der Waals surface area contributed by atoms with Crippen molar-refractivity contribution in [2.24, 2.45) is 0 Å². The summed E-state index contributed by atoms with van der Waals surface area (Å²) in [7, 11) is 0. The van der Waals surface area contributed by atoms with Gasteiger partial charge in [-0.3, -0.25) is 9.69 Å². The van der Waals surface area contributed by atoms with Gasteiger partial charge in [-0.2, -0.15) is 0 Å². The number of ether oxygens (including phenoxy) is 1. The molecule has 3 atom stereocenters. The summed E-state index contributed by atoms with van der Waals surface area (Å²) in [6.45, 7) is 8.38. The fraction of sp³-hybridized carbons (Fsp3) is 0.345. The molecule has 3 aromatic rings. The molecule has 6 heteroatoms. The summed E-state index contributed by atoms with van der Waals surface area (Å²) in [4.78, 5) is 17.4. The predicted molar refractivity (Wildman–Crippen MR) is 138 cm³/mol. The van der Waals surface area contributed by atoms with Crippen LogP contribution in [0, 0.1) is 5.82 Å². The zero-order valence-corrected chi connectivity index (χ0v) is 21.2. The van der Waals surface area contributed by atoms with Gasteiger partial charge in [-0.25, -0.2) is 4.39 Å². The number of rotatable bonds is 7. The van der Waals surface area contributed by atoms with Gasteiger partial charge in [0.15, 0.2) is 6.61 Å². The summed E-state index contributed by atoms with van der Waals surface area (Å²) in [6, 6.07) is 22.6. The zero-order chi connectivity index (χ0) is 24.9. The van der Waals surface area contributed by atoms with Crippen LogP contribution in [-0.4, -0.2) is 47.5 Å². The first-order valence-corrected chi connectivity index (χ1v) is 12.4. The molecule has 1 aliphatic heterocycles. The number of carbonyl (C=O) groups excluding carboxylic acids is 1. The molecule has 1 fully saturated rings. The Morgan fingerprint density at radius 1 is 1.03 bits per heavy atom. The Bertz CT molecular complexity index is 1140. The number of benzene rings is 3. The van der Waals surface area contributed by atoms with Crippen LogP contribution < -0.4 is 4.74 Å². The van der Waals surface area contributed by atoms with E-state index in [4.69, 9.17) is 16.3 Å². The normalized spacial score (nSPS) is 19.4. The van der Waals surface area contributed by atoms with Crippen molar-refractivity contribution in [3.8, 4) is 5.75 Å². The maximum atomic E-state index is 13.2. The minimum atomic E-state index is -0.229. The van der Waals surface area contributed by atoms with E-state index in [0.29, 0.717) is 17.3 Å². The molecule has 1 unspecified atom stereocenters. The van der Waals surface area contributed by atoms with Crippen molar-refractivity contribution in [3.63, 3.8) is 0 Å². The van der Waals surface area contributed by atoms with Crippen LogP contribution in [0.4, 0.5) is 4.39 Å². The molecular weight excluding hydrogens is 463 g/mol. The molecule has 1 saturated heterocycles. The molecule has 0 saturated carbocycles. The van der Waals surface area contributed by atoms with Gasteiger partial charge in [-0.05, 0) is 55.3 Å². The first-order valence-electron chi connectivity index (χ1n) is 12.1. The summed E-state index contributed by atoms with van der Waals surface area (Å²) >= 11 is 6.29. The number of piperazine rings is 1. The summed E-state index contributed by atoms with van der Waals surface area (Å²) in [5, 5.41) is 0.640. The van der Waals surface area contributed by atoms with Crippen LogP contribution in [0.1, 0.15) is 43.4 Å². The third-order valence-corrected chi connectivity index (χ3v) is 7.06. The fourth-order valence-corrected chi connectivity index (χ4v) is 4.90. The number of halogens is 2. The van der Waals surface area contributed by atoms with E-state index in [2.05, 4.69) is 37.8 Å². The lowest BCUT2D eigenvalue weighted by Crippen LogP contribution is -2.58. The van der Waals surface area contributed by atoms with Crippen LogP contribution in [0.5, 0.6) is 5.75 Å². The second kappa shape index (κ2) is 11.2. The third-order valence-electron chi connectivity index (χ3n) is 6.82. The van der Waals surface area contributed by atoms with E-state index in [1.807, 2.05) is 47.4 Å². The lowest BCUT2D eigenvalue weighted by atomic mass is 9.92. The van der Waals surface area contributed by atoms with Crippen LogP contribution in [0.3, 0.4) is 0 Å². The molecule has 35 heavy (non-hydrogen) atoms. The van der Waals surface area contributed by atoms with E-state index in [1.165, 1.54) is 12.1 Å². The molecule has 4 nitrogen and oxygen atoms in total. The number of carbonyl (C=O) groups is 1. The third kappa shape index (κ3) is 6.22. The van der Waals surface area contributed by atoms with Crippen LogP contribution in [-0.2, 0) is 11.3 Å². The molecule has 1 heterocycles. The highest BCUT2D eigenvalue weighted by Gasteiger charge is 2.32. The van der Waals surface area contributed by atoms with Crippen LogP contribution in [0.25, 0.3) is 0 Å². The molecule has 184 valence electrons. The van der Waals surface area contributed by atoms with Crippen LogP contribution in [0.15, 0.2) is 72.8 Å². The second-order valence-electron chi connectivity index (χ2n) is 9.40. The number of nitrogens with zero attached hydrogens (tertiary/aromatic N) is 2. The second-order valence-corrected chi connectivity index (χ2v) is 9.84. The molecule has 1 amide bonds. The predicted octanol–water partition coefficient (Wildman–Crippen LogP) is 6.13. The maximum absolute atomic E-state index is 13.2. The maximum Gasteiger partial charge on any atom is 0.260 e. The van der Waals surface area contributed by atoms with E-state index in [0.717, 1.165) is 29.8 Å². The molecule has 0 bridgehead atoms. The van der Waals surface area contributed by atoms with E-state index in [9.17, 15) is 9.18 Å². The average Bonchev–Trinajstić information content (AvgIpc) is 2.86. The molecule has 3 aromatic carbocycles. The lowest BCUT2D eigenvalue weighted by molar-refractivity contribution is -0.139. The van der Waals surface area contributed by atoms with E-state index >= 15 is 0 Å². The van der Waals surface area contributed by atoms with Crippen molar-refractivity contribution in [2.45, 2.75) is 45.3 Å². The van der Waals surface area contributed by atoms with Crippen molar-refractivity contribution >= 4 is 17.5 Å². The summed E-state index contributed by atoms with van der Waals surface area (Å²) in [5.41, 5.74) is 3.18. The monoisotopic (exact) mass is 494 g/mol. The van der Waals surface area contributed by atoms with E-state index in [1.54, 1.807) is 6.07 Å². The Hall–Kier alpha value is -2.89. The molecule has 0 radical (unpaired) electrons. The van der Waals surface area contributed by atoms with Crippen molar-refractivity contribution in [1.29, 1.82) is 0 Å². The minimum Gasteiger partial charge on any atom is -0.483 e. The molecule has 4 rings (SSSR count).